The van der Waals surface area contributed by atoms with Crippen molar-refractivity contribution in [3.63, 3.8) is 0 Å². The van der Waals surface area contributed by atoms with Crippen LogP contribution in [0.4, 0.5) is 5.00 Å². The van der Waals surface area contributed by atoms with E-state index >= 15 is 0 Å². The van der Waals surface area contributed by atoms with Crippen molar-refractivity contribution in [2.45, 2.75) is 32.4 Å². The number of amides is 1. The fraction of sp³-hybridized carbons (Fsp3) is 0.615. The minimum Gasteiger partial charge on any atom is -0.449 e. The third kappa shape index (κ3) is 4.20. The zero-order valence-electron chi connectivity index (χ0n) is 13.1. The fourth-order valence-electron chi connectivity index (χ4n) is 2.28. The Kier molecular flexibility index (Phi) is 5.25. The van der Waals surface area contributed by atoms with Crippen molar-refractivity contribution >= 4 is 38.2 Å². The number of sulfone groups is 1. The molecule has 0 saturated carbocycles. The Labute approximate surface area is 138 Å². The number of hydrogen-bond donors (Lipinski definition) is 2. The predicted molar refractivity (Wildman–Crippen MR) is 86.5 cm³/mol. The monoisotopic (exact) mass is 361 g/mol. The standard InChI is InChI=1S/C13H19N3O5S2/c1-7-10(12(14-3)22-16-7)13(18)21-8(2)11(17)15-9-4-5-23(19,20)6-9/h8-9,14H,4-6H2,1-3H3,(H,15,17)/t8-,9-/m1/s1. The minimum atomic E-state index is -3.08. The number of nitrogens with zero attached hydrogens (tertiary/aromatic N) is 1. The van der Waals surface area contributed by atoms with Gasteiger partial charge in [0.1, 0.15) is 10.6 Å². The van der Waals surface area contributed by atoms with E-state index in [4.69, 9.17) is 4.74 Å². The molecule has 1 saturated heterocycles. The summed E-state index contributed by atoms with van der Waals surface area (Å²) in [6, 6.07) is -0.425. The maximum atomic E-state index is 12.2. The van der Waals surface area contributed by atoms with Crippen LogP contribution >= 0.6 is 11.5 Å². The third-order valence-electron chi connectivity index (χ3n) is 3.53. The van der Waals surface area contributed by atoms with Gasteiger partial charge >= 0.3 is 5.97 Å². The molecule has 0 aliphatic carbocycles. The number of aryl methyl sites for hydroxylation is 1. The van der Waals surface area contributed by atoms with E-state index in [0.29, 0.717) is 22.7 Å². The van der Waals surface area contributed by atoms with Gasteiger partial charge < -0.3 is 15.4 Å². The Hall–Kier alpha value is -1.68. The summed E-state index contributed by atoms with van der Waals surface area (Å²) < 4.78 is 32.0. The van der Waals surface area contributed by atoms with E-state index in [2.05, 4.69) is 15.0 Å². The number of esters is 1. The molecule has 0 radical (unpaired) electrons. The van der Waals surface area contributed by atoms with E-state index in [1.807, 2.05) is 0 Å². The average molecular weight is 361 g/mol. The second kappa shape index (κ2) is 6.83. The van der Waals surface area contributed by atoms with Gasteiger partial charge in [0.15, 0.2) is 15.9 Å². The van der Waals surface area contributed by atoms with E-state index in [-0.39, 0.29) is 11.5 Å². The molecular weight excluding hydrogens is 342 g/mol. The molecule has 1 aromatic rings. The first kappa shape index (κ1) is 17.7. The molecule has 128 valence electrons. The molecule has 2 atom stereocenters. The van der Waals surface area contributed by atoms with Crippen molar-refractivity contribution < 1.29 is 22.7 Å². The molecule has 2 heterocycles. The third-order valence-corrected chi connectivity index (χ3v) is 6.25. The van der Waals surface area contributed by atoms with Gasteiger partial charge in [-0.15, -0.1) is 0 Å². The predicted octanol–water partition coefficient (Wildman–Crippen LogP) is 0.342. The first-order valence-corrected chi connectivity index (χ1v) is 9.69. The maximum Gasteiger partial charge on any atom is 0.343 e. The van der Waals surface area contributed by atoms with Gasteiger partial charge in [-0.3, -0.25) is 4.79 Å². The van der Waals surface area contributed by atoms with Crippen molar-refractivity contribution in [2.75, 3.05) is 23.9 Å². The minimum absolute atomic E-state index is 0.0669. The van der Waals surface area contributed by atoms with Crippen molar-refractivity contribution in [1.29, 1.82) is 0 Å². The molecule has 2 rings (SSSR count). The molecule has 1 aromatic heterocycles. The highest BCUT2D eigenvalue weighted by Crippen LogP contribution is 2.25. The first-order chi connectivity index (χ1) is 10.7. The summed E-state index contributed by atoms with van der Waals surface area (Å²) in [7, 11) is -1.41. The van der Waals surface area contributed by atoms with Gasteiger partial charge in [0, 0.05) is 13.1 Å². The second-order valence-electron chi connectivity index (χ2n) is 5.38. The summed E-state index contributed by atoms with van der Waals surface area (Å²) in [4.78, 5) is 24.2. The van der Waals surface area contributed by atoms with Gasteiger partial charge in [-0.25, -0.2) is 13.2 Å². The molecule has 10 heteroatoms. The molecule has 0 aromatic carbocycles. The van der Waals surface area contributed by atoms with Gasteiger partial charge in [-0.1, -0.05) is 0 Å². The molecule has 2 N–H and O–H groups in total. The Morgan fingerprint density at radius 2 is 2.13 bits per heavy atom. The van der Waals surface area contributed by atoms with E-state index in [0.717, 1.165) is 11.5 Å². The lowest BCUT2D eigenvalue weighted by Crippen LogP contribution is -2.42. The summed E-state index contributed by atoms with van der Waals surface area (Å²) in [5.41, 5.74) is 0.833. The number of rotatable bonds is 5. The number of carbonyl (C=O) groups excluding carboxylic acids is 2. The second-order valence-corrected chi connectivity index (χ2v) is 8.38. The van der Waals surface area contributed by atoms with Crippen LogP contribution in [0, 0.1) is 6.92 Å². The van der Waals surface area contributed by atoms with Crippen LogP contribution in [0.25, 0.3) is 0 Å². The smallest absolute Gasteiger partial charge is 0.343 e. The molecule has 0 spiro atoms. The Morgan fingerprint density at radius 1 is 1.43 bits per heavy atom. The van der Waals surface area contributed by atoms with Crippen molar-refractivity contribution in [1.82, 2.24) is 9.69 Å². The summed E-state index contributed by atoms with van der Waals surface area (Å²) in [6.07, 6.45) is -0.638. The number of aromatic nitrogens is 1. The quantitative estimate of drug-likeness (QED) is 0.727. The van der Waals surface area contributed by atoms with Crippen LogP contribution in [0.2, 0.25) is 0 Å². The summed E-state index contributed by atoms with van der Waals surface area (Å²) >= 11 is 1.14. The lowest BCUT2D eigenvalue weighted by Gasteiger charge is -2.16. The molecule has 8 nitrogen and oxygen atoms in total. The number of hydrogen-bond acceptors (Lipinski definition) is 8. The van der Waals surface area contributed by atoms with E-state index < -0.39 is 33.9 Å². The normalized spacial score (nSPS) is 20.7. The molecule has 1 aliphatic heterocycles. The maximum absolute atomic E-state index is 12.2. The van der Waals surface area contributed by atoms with E-state index in [9.17, 15) is 18.0 Å². The number of ether oxygens (including phenoxy) is 1. The number of anilines is 1. The van der Waals surface area contributed by atoms with Gasteiger partial charge in [-0.05, 0) is 31.8 Å². The van der Waals surface area contributed by atoms with E-state index in [1.165, 1.54) is 6.92 Å². The molecule has 0 bridgehead atoms. The Bertz CT molecular complexity index is 713. The van der Waals surface area contributed by atoms with Crippen molar-refractivity contribution in [3.05, 3.63) is 11.3 Å². The molecule has 1 fully saturated rings. The van der Waals surface area contributed by atoms with Crippen LogP contribution in [0.3, 0.4) is 0 Å². The van der Waals surface area contributed by atoms with Crippen LogP contribution in [-0.4, -0.2) is 55.4 Å². The molecular formula is C13H19N3O5S2. The molecule has 1 aliphatic rings. The van der Waals surface area contributed by atoms with Crippen LogP contribution in [0.1, 0.15) is 29.4 Å². The van der Waals surface area contributed by atoms with Crippen LogP contribution in [0.15, 0.2) is 0 Å². The average Bonchev–Trinajstić information content (AvgIpc) is 3.00. The van der Waals surface area contributed by atoms with Crippen LogP contribution in [0.5, 0.6) is 0 Å². The molecule has 0 unspecified atom stereocenters. The fourth-order valence-corrected chi connectivity index (χ4v) is 4.69. The van der Waals surface area contributed by atoms with Gasteiger partial charge in [0.25, 0.3) is 5.91 Å². The lowest BCUT2D eigenvalue weighted by molar-refractivity contribution is -0.129. The highest BCUT2D eigenvalue weighted by Gasteiger charge is 2.31. The van der Waals surface area contributed by atoms with Gasteiger partial charge in [0.2, 0.25) is 0 Å². The summed E-state index contributed by atoms with van der Waals surface area (Å²) in [6.45, 7) is 3.13. The first-order valence-electron chi connectivity index (χ1n) is 7.09. The topological polar surface area (TPSA) is 114 Å². The van der Waals surface area contributed by atoms with Crippen LogP contribution in [-0.2, 0) is 19.4 Å². The largest absolute Gasteiger partial charge is 0.449 e. The molecule has 1 amide bonds. The summed E-state index contributed by atoms with van der Waals surface area (Å²) in [5, 5.41) is 6.03. The Morgan fingerprint density at radius 3 is 2.70 bits per heavy atom. The zero-order chi connectivity index (χ0) is 17.2. The van der Waals surface area contributed by atoms with E-state index in [1.54, 1.807) is 14.0 Å². The van der Waals surface area contributed by atoms with Gasteiger partial charge in [0.05, 0.1) is 17.2 Å². The lowest BCUT2D eigenvalue weighted by atomic mass is 10.2. The highest BCUT2D eigenvalue weighted by atomic mass is 32.2. The SMILES string of the molecule is CNc1snc(C)c1C(=O)O[C@H](C)C(=O)N[C@@H]1CCS(=O)(=O)C1. The van der Waals surface area contributed by atoms with Crippen molar-refractivity contribution in [2.24, 2.45) is 0 Å². The highest BCUT2D eigenvalue weighted by molar-refractivity contribution is 7.91. The number of carbonyl (C=O) groups is 2. The zero-order valence-corrected chi connectivity index (χ0v) is 14.7. The molecule has 23 heavy (non-hydrogen) atoms. The van der Waals surface area contributed by atoms with Crippen LogP contribution < -0.4 is 10.6 Å². The number of nitrogens with one attached hydrogen (secondary N) is 2. The Balaban J connectivity index is 1.95. The van der Waals surface area contributed by atoms with Gasteiger partial charge in [-0.2, -0.15) is 4.37 Å². The van der Waals surface area contributed by atoms with Crippen molar-refractivity contribution in [3.8, 4) is 0 Å². The summed E-state index contributed by atoms with van der Waals surface area (Å²) in [5.74, 6) is -1.15.